The molecule has 1 unspecified atom stereocenters. The third-order valence-corrected chi connectivity index (χ3v) is 1.87. The molecule has 3 heteroatoms. The molecule has 1 rings (SSSR count). The first-order valence-corrected chi connectivity index (χ1v) is 4.25. The van der Waals surface area contributed by atoms with Gasteiger partial charge in [0, 0.05) is 25.0 Å². The monoisotopic (exact) mass is 175 g/mol. The molecule has 1 heterocycles. The van der Waals surface area contributed by atoms with Gasteiger partial charge in [-0.1, -0.05) is 0 Å². The highest BCUT2D eigenvalue weighted by Crippen LogP contribution is 2.13. The fraction of sp³-hybridized carbons (Fsp3) is 0.400. The van der Waals surface area contributed by atoms with Gasteiger partial charge in [0.15, 0.2) is 0 Å². The van der Waals surface area contributed by atoms with E-state index in [-0.39, 0.29) is 6.04 Å². The molecule has 68 valence electrons. The van der Waals surface area contributed by atoms with Gasteiger partial charge in [0.1, 0.15) is 0 Å². The molecule has 0 saturated carbocycles. The second kappa shape index (κ2) is 5.28. The largest absolute Gasteiger partial charge is 0.312 e. The topological polar surface area (TPSA) is 37.8 Å². The lowest BCUT2D eigenvalue weighted by atomic mass is 10.1. The van der Waals surface area contributed by atoms with Crippen molar-refractivity contribution in [3.63, 3.8) is 0 Å². The van der Waals surface area contributed by atoms with Gasteiger partial charge in [0.25, 0.3) is 0 Å². The van der Waals surface area contributed by atoms with Gasteiger partial charge < -0.3 is 5.32 Å². The minimum Gasteiger partial charge on any atom is -0.312 e. The highest BCUT2D eigenvalue weighted by Gasteiger charge is 2.08. The molecule has 0 saturated heterocycles. The summed E-state index contributed by atoms with van der Waals surface area (Å²) in [6, 6.07) is 0.213. The number of rotatable bonds is 4. The zero-order chi connectivity index (χ0) is 9.52. The van der Waals surface area contributed by atoms with Gasteiger partial charge in [0.2, 0.25) is 0 Å². The summed E-state index contributed by atoms with van der Waals surface area (Å²) in [4.78, 5) is 8.22. The third-order valence-electron chi connectivity index (χ3n) is 1.87. The molecule has 0 aliphatic rings. The van der Waals surface area contributed by atoms with Crippen LogP contribution in [0, 0.1) is 12.3 Å². The molecule has 1 atom stereocenters. The minimum atomic E-state index is 0.213. The normalized spacial score (nSPS) is 12.0. The summed E-state index contributed by atoms with van der Waals surface area (Å²) in [6.45, 7) is 0. The number of hydrogen-bond donors (Lipinski definition) is 1. The number of hydrogen-bond acceptors (Lipinski definition) is 3. The second-order valence-corrected chi connectivity index (χ2v) is 2.71. The van der Waals surface area contributed by atoms with E-state index in [1.807, 2.05) is 7.05 Å². The van der Waals surface area contributed by atoms with Crippen molar-refractivity contribution in [1.29, 1.82) is 0 Å². The van der Waals surface area contributed by atoms with Crippen molar-refractivity contribution >= 4 is 0 Å². The van der Waals surface area contributed by atoms with Crippen molar-refractivity contribution in [2.75, 3.05) is 7.05 Å². The molecule has 3 nitrogen and oxygen atoms in total. The van der Waals surface area contributed by atoms with E-state index in [9.17, 15) is 0 Å². The SMILES string of the molecule is C#CCCC(NC)c1cnccn1. The van der Waals surface area contributed by atoms with Gasteiger partial charge in [-0.15, -0.1) is 12.3 Å². The maximum Gasteiger partial charge on any atom is 0.0756 e. The van der Waals surface area contributed by atoms with Crippen LogP contribution in [0.25, 0.3) is 0 Å². The fourth-order valence-corrected chi connectivity index (χ4v) is 1.16. The Morgan fingerprint density at radius 3 is 3.00 bits per heavy atom. The van der Waals surface area contributed by atoms with Crippen molar-refractivity contribution in [3.05, 3.63) is 24.3 Å². The molecule has 0 amide bonds. The van der Waals surface area contributed by atoms with E-state index in [2.05, 4.69) is 21.2 Å². The Hall–Kier alpha value is -1.40. The fourth-order valence-electron chi connectivity index (χ4n) is 1.16. The first-order valence-electron chi connectivity index (χ1n) is 4.25. The zero-order valence-corrected chi connectivity index (χ0v) is 7.70. The molecule has 1 N–H and O–H groups in total. The van der Waals surface area contributed by atoms with Crippen LogP contribution in [0.15, 0.2) is 18.6 Å². The van der Waals surface area contributed by atoms with Crippen LogP contribution in [0.4, 0.5) is 0 Å². The minimum absolute atomic E-state index is 0.213. The summed E-state index contributed by atoms with van der Waals surface area (Å²) < 4.78 is 0. The standard InChI is InChI=1S/C10H13N3/c1-3-4-5-9(11-2)10-8-12-6-7-13-10/h1,6-9,11H,4-5H2,2H3. The molecule has 0 aliphatic heterocycles. The van der Waals surface area contributed by atoms with E-state index < -0.39 is 0 Å². The summed E-state index contributed by atoms with van der Waals surface area (Å²) in [5, 5.41) is 3.16. The van der Waals surface area contributed by atoms with Crippen LogP contribution in [0.3, 0.4) is 0 Å². The van der Waals surface area contributed by atoms with Crippen LogP contribution < -0.4 is 5.32 Å². The molecule has 0 spiro atoms. The molecule has 1 aromatic heterocycles. The van der Waals surface area contributed by atoms with E-state index >= 15 is 0 Å². The van der Waals surface area contributed by atoms with Gasteiger partial charge in [-0.25, -0.2) is 0 Å². The number of nitrogens with one attached hydrogen (secondary N) is 1. The highest BCUT2D eigenvalue weighted by atomic mass is 14.9. The van der Waals surface area contributed by atoms with E-state index in [4.69, 9.17) is 6.42 Å². The summed E-state index contributed by atoms with van der Waals surface area (Å²) >= 11 is 0. The average Bonchev–Trinajstić information content (AvgIpc) is 2.21. The Labute approximate surface area is 78.6 Å². The first-order chi connectivity index (χ1) is 6.38. The van der Waals surface area contributed by atoms with Crippen LogP contribution in [0.1, 0.15) is 24.6 Å². The van der Waals surface area contributed by atoms with Gasteiger partial charge in [0.05, 0.1) is 11.7 Å². The molecular weight excluding hydrogens is 162 g/mol. The lowest BCUT2D eigenvalue weighted by Crippen LogP contribution is -2.17. The Morgan fingerprint density at radius 2 is 2.46 bits per heavy atom. The van der Waals surface area contributed by atoms with Crippen LogP contribution in [-0.4, -0.2) is 17.0 Å². The average molecular weight is 175 g/mol. The van der Waals surface area contributed by atoms with Crippen molar-refractivity contribution in [2.24, 2.45) is 0 Å². The molecular formula is C10H13N3. The first kappa shape index (κ1) is 9.69. The third kappa shape index (κ3) is 2.85. The Balaban J connectivity index is 2.63. The van der Waals surface area contributed by atoms with Crippen LogP contribution >= 0.6 is 0 Å². The van der Waals surface area contributed by atoms with Crippen LogP contribution in [-0.2, 0) is 0 Å². The number of terminal acetylenes is 1. The Bertz CT molecular complexity index is 276. The van der Waals surface area contributed by atoms with Crippen molar-refractivity contribution in [3.8, 4) is 12.3 Å². The van der Waals surface area contributed by atoms with Crippen molar-refractivity contribution < 1.29 is 0 Å². The molecule has 0 fully saturated rings. The van der Waals surface area contributed by atoms with Crippen molar-refractivity contribution in [1.82, 2.24) is 15.3 Å². The molecule has 1 aromatic rings. The molecule has 0 aliphatic carbocycles. The quantitative estimate of drug-likeness (QED) is 0.697. The maximum absolute atomic E-state index is 5.20. The van der Waals surface area contributed by atoms with E-state index in [1.165, 1.54) is 0 Å². The lowest BCUT2D eigenvalue weighted by molar-refractivity contribution is 0.542. The predicted molar refractivity (Wildman–Crippen MR) is 51.9 cm³/mol. The second-order valence-electron chi connectivity index (χ2n) is 2.71. The summed E-state index contributed by atoms with van der Waals surface area (Å²) in [6.07, 6.45) is 12.0. The Kier molecular flexibility index (Phi) is 3.94. The van der Waals surface area contributed by atoms with Gasteiger partial charge in [-0.2, -0.15) is 0 Å². The van der Waals surface area contributed by atoms with Crippen molar-refractivity contribution in [2.45, 2.75) is 18.9 Å². The molecule has 0 aromatic carbocycles. The maximum atomic E-state index is 5.20. The molecule has 0 bridgehead atoms. The molecule has 0 radical (unpaired) electrons. The van der Waals surface area contributed by atoms with E-state index in [0.717, 1.165) is 18.5 Å². The smallest absolute Gasteiger partial charge is 0.0756 e. The Morgan fingerprint density at radius 1 is 1.62 bits per heavy atom. The van der Waals surface area contributed by atoms with E-state index in [0.29, 0.717) is 0 Å². The van der Waals surface area contributed by atoms with Gasteiger partial charge in [-0.3, -0.25) is 9.97 Å². The number of nitrogens with zero attached hydrogens (tertiary/aromatic N) is 2. The van der Waals surface area contributed by atoms with Crippen LogP contribution in [0.2, 0.25) is 0 Å². The summed E-state index contributed by atoms with van der Waals surface area (Å²) in [7, 11) is 1.90. The lowest BCUT2D eigenvalue weighted by Gasteiger charge is -2.12. The summed E-state index contributed by atoms with van der Waals surface area (Å²) in [5.41, 5.74) is 0.945. The van der Waals surface area contributed by atoms with Crippen LogP contribution in [0.5, 0.6) is 0 Å². The zero-order valence-electron chi connectivity index (χ0n) is 7.70. The van der Waals surface area contributed by atoms with Gasteiger partial charge >= 0.3 is 0 Å². The van der Waals surface area contributed by atoms with Gasteiger partial charge in [-0.05, 0) is 13.5 Å². The van der Waals surface area contributed by atoms with E-state index in [1.54, 1.807) is 18.6 Å². The molecule has 13 heavy (non-hydrogen) atoms. The predicted octanol–water partition coefficient (Wildman–Crippen LogP) is 1.15. The number of aromatic nitrogens is 2. The highest BCUT2D eigenvalue weighted by molar-refractivity contribution is 5.03. The summed E-state index contributed by atoms with van der Waals surface area (Å²) in [5.74, 6) is 2.61.